The molecule has 156 valence electrons. The molecule has 2 heterocycles. The Morgan fingerprint density at radius 2 is 1.87 bits per heavy atom. The van der Waals surface area contributed by atoms with Crippen molar-refractivity contribution >= 4 is 28.4 Å². The molecule has 1 atom stereocenters. The molecule has 1 saturated heterocycles. The number of anilines is 2. The van der Waals surface area contributed by atoms with Crippen LogP contribution in [0.15, 0.2) is 48.5 Å². The van der Waals surface area contributed by atoms with E-state index in [-0.39, 0.29) is 11.8 Å². The van der Waals surface area contributed by atoms with Crippen LogP contribution in [0.1, 0.15) is 31.7 Å². The molecule has 3 aromatic rings. The Kier molecular flexibility index (Phi) is 6.12. The molecule has 6 nitrogen and oxygen atoms in total. The predicted octanol–water partition coefficient (Wildman–Crippen LogP) is 4.58. The molecule has 0 unspecified atom stereocenters. The molecule has 30 heavy (non-hydrogen) atoms. The van der Waals surface area contributed by atoms with Crippen molar-refractivity contribution in [2.75, 3.05) is 29.9 Å². The summed E-state index contributed by atoms with van der Waals surface area (Å²) in [5.41, 5.74) is 3.66. The van der Waals surface area contributed by atoms with Gasteiger partial charge in [0.15, 0.2) is 5.82 Å². The summed E-state index contributed by atoms with van der Waals surface area (Å²) in [5, 5.41) is 3.06. The van der Waals surface area contributed by atoms with E-state index in [1.54, 1.807) is 0 Å². The average molecular weight is 405 g/mol. The number of ether oxygens (including phenoxy) is 1. The SMILES string of the molecule is CCCOc1nc2ccccc2nc1N1CCC[C@H](C(=O)Nc2ccc(C)cc2)C1. The number of fused-ring (bicyclic) bond motifs is 1. The van der Waals surface area contributed by atoms with Gasteiger partial charge in [0.1, 0.15) is 0 Å². The summed E-state index contributed by atoms with van der Waals surface area (Å²) in [5.74, 6) is 1.23. The van der Waals surface area contributed by atoms with Crippen LogP contribution >= 0.6 is 0 Å². The Bertz CT molecular complexity index is 1020. The summed E-state index contributed by atoms with van der Waals surface area (Å²) in [6.45, 7) is 6.14. The number of benzene rings is 2. The third-order valence-corrected chi connectivity index (χ3v) is 5.38. The van der Waals surface area contributed by atoms with Crippen molar-refractivity contribution in [1.82, 2.24) is 9.97 Å². The number of rotatable bonds is 6. The molecule has 2 aromatic carbocycles. The van der Waals surface area contributed by atoms with Crippen molar-refractivity contribution in [1.29, 1.82) is 0 Å². The van der Waals surface area contributed by atoms with Crippen LogP contribution in [0.2, 0.25) is 0 Å². The van der Waals surface area contributed by atoms with E-state index in [2.05, 4.69) is 17.1 Å². The molecule has 1 aliphatic heterocycles. The largest absolute Gasteiger partial charge is 0.475 e. The minimum atomic E-state index is -0.104. The van der Waals surface area contributed by atoms with Gasteiger partial charge in [0.2, 0.25) is 5.91 Å². The zero-order chi connectivity index (χ0) is 20.9. The molecule has 6 heteroatoms. The Morgan fingerprint density at radius 1 is 1.13 bits per heavy atom. The van der Waals surface area contributed by atoms with Gasteiger partial charge in [-0.2, -0.15) is 0 Å². The molecule has 0 radical (unpaired) electrons. The van der Waals surface area contributed by atoms with Gasteiger partial charge < -0.3 is 15.0 Å². The first-order valence-electron chi connectivity index (χ1n) is 10.7. The van der Waals surface area contributed by atoms with E-state index < -0.39 is 0 Å². The molecule has 0 bridgehead atoms. The zero-order valence-corrected chi connectivity index (χ0v) is 17.6. The van der Waals surface area contributed by atoms with Crippen LogP contribution in [0.4, 0.5) is 11.5 Å². The number of aromatic nitrogens is 2. The van der Waals surface area contributed by atoms with E-state index >= 15 is 0 Å². The maximum absolute atomic E-state index is 12.9. The van der Waals surface area contributed by atoms with Crippen molar-refractivity contribution in [2.45, 2.75) is 33.1 Å². The predicted molar refractivity (Wildman–Crippen MR) is 120 cm³/mol. The van der Waals surface area contributed by atoms with Crippen LogP contribution in [-0.4, -0.2) is 35.6 Å². The molecule has 4 rings (SSSR count). The Morgan fingerprint density at radius 3 is 2.60 bits per heavy atom. The number of carbonyl (C=O) groups excluding carboxylic acids is 1. The van der Waals surface area contributed by atoms with Crippen molar-refractivity contribution in [3.8, 4) is 5.88 Å². The number of piperidine rings is 1. The number of hydrogen-bond acceptors (Lipinski definition) is 5. The normalized spacial score (nSPS) is 16.5. The molecule has 1 aromatic heterocycles. The molecule has 1 N–H and O–H groups in total. The fourth-order valence-electron chi connectivity index (χ4n) is 3.74. The number of hydrogen-bond donors (Lipinski definition) is 1. The molecule has 0 aliphatic carbocycles. The Hall–Kier alpha value is -3.15. The van der Waals surface area contributed by atoms with Gasteiger partial charge in [-0.1, -0.05) is 36.8 Å². The number of carbonyl (C=O) groups is 1. The van der Waals surface area contributed by atoms with Crippen LogP contribution in [0.3, 0.4) is 0 Å². The van der Waals surface area contributed by atoms with Crippen molar-refractivity contribution in [3.05, 3.63) is 54.1 Å². The Labute approximate surface area is 177 Å². The molecule has 1 fully saturated rings. The highest BCUT2D eigenvalue weighted by Crippen LogP contribution is 2.31. The highest BCUT2D eigenvalue weighted by Gasteiger charge is 2.29. The molecule has 1 aliphatic rings. The van der Waals surface area contributed by atoms with E-state index in [0.717, 1.165) is 48.3 Å². The maximum atomic E-state index is 12.9. The van der Waals surface area contributed by atoms with Gasteiger partial charge in [-0.25, -0.2) is 9.97 Å². The number of aryl methyl sites for hydroxylation is 1. The van der Waals surface area contributed by atoms with Gasteiger partial charge in [-0.15, -0.1) is 0 Å². The third-order valence-electron chi connectivity index (χ3n) is 5.38. The number of amides is 1. The lowest BCUT2D eigenvalue weighted by molar-refractivity contribution is -0.120. The third kappa shape index (κ3) is 4.53. The van der Waals surface area contributed by atoms with Crippen LogP contribution in [0.25, 0.3) is 11.0 Å². The summed E-state index contributed by atoms with van der Waals surface area (Å²) in [4.78, 5) is 24.6. The van der Waals surface area contributed by atoms with Crippen LogP contribution in [0, 0.1) is 12.8 Å². The minimum Gasteiger partial charge on any atom is -0.475 e. The second kappa shape index (κ2) is 9.11. The lowest BCUT2D eigenvalue weighted by atomic mass is 9.97. The lowest BCUT2D eigenvalue weighted by Crippen LogP contribution is -2.41. The van der Waals surface area contributed by atoms with Crippen LogP contribution < -0.4 is 15.0 Å². The molecular weight excluding hydrogens is 376 g/mol. The fourth-order valence-corrected chi connectivity index (χ4v) is 3.74. The van der Waals surface area contributed by atoms with Crippen molar-refractivity contribution in [2.24, 2.45) is 5.92 Å². The summed E-state index contributed by atoms with van der Waals surface area (Å²) in [7, 11) is 0. The smallest absolute Gasteiger partial charge is 0.258 e. The minimum absolute atomic E-state index is 0.0494. The topological polar surface area (TPSA) is 67.4 Å². The van der Waals surface area contributed by atoms with Crippen LogP contribution in [-0.2, 0) is 4.79 Å². The molecule has 0 saturated carbocycles. The zero-order valence-electron chi connectivity index (χ0n) is 17.6. The van der Waals surface area contributed by atoms with Crippen molar-refractivity contribution in [3.63, 3.8) is 0 Å². The molecule has 1 amide bonds. The second-order valence-corrected chi connectivity index (χ2v) is 7.83. The fraction of sp³-hybridized carbons (Fsp3) is 0.375. The van der Waals surface area contributed by atoms with Gasteiger partial charge in [-0.3, -0.25) is 4.79 Å². The standard InChI is InChI=1S/C24H28N4O2/c1-3-15-30-24-22(26-20-8-4-5-9-21(20)27-24)28-14-6-7-18(16-28)23(29)25-19-12-10-17(2)11-13-19/h4-5,8-13,18H,3,6-7,14-16H2,1-2H3,(H,25,29)/t18-/m0/s1. The molecular formula is C24H28N4O2. The summed E-state index contributed by atoms with van der Waals surface area (Å²) >= 11 is 0. The van der Waals surface area contributed by atoms with E-state index in [1.165, 1.54) is 5.56 Å². The first kappa shape index (κ1) is 20.1. The van der Waals surface area contributed by atoms with E-state index in [1.807, 2.05) is 55.5 Å². The maximum Gasteiger partial charge on any atom is 0.258 e. The van der Waals surface area contributed by atoms with Crippen molar-refractivity contribution < 1.29 is 9.53 Å². The average Bonchev–Trinajstić information content (AvgIpc) is 2.78. The summed E-state index contributed by atoms with van der Waals surface area (Å²) in [6, 6.07) is 15.7. The molecule has 0 spiro atoms. The van der Waals surface area contributed by atoms with E-state index in [0.29, 0.717) is 19.0 Å². The first-order valence-corrected chi connectivity index (χ1v) is 10.7. The number of para-hydroxylation sites is 2. The second-order valence-electron chi connectivity index (χ2n) is 7.83. The van der Waals surface area contributed by atoms with Gasteiger partial charge in [0.05, 0.1) is 23.6 Å². The van der Waals surface area contributed by atoms with Gasteiger partial charge in [-0.05, 0) is 50.5 Å². The highest BCUT2D eigenvalue weighted by atomic mass is 16.5. The van der Waals surface area contributed by atoms with E-state index in [9.17, 15) is 4.79 Å². The first-order chi connectivity index (χ1) is 14.6. The highest BCUT2D eigenvalue weighted by molar-refractivity contribution is 5.93. The van der Waals surface area contributed by atoms with E-state index in [4.69, 9.17) is 14.7 Å². The monoisotopic (exact) mass is 404 g/mol. The quantitative estimate of drug-likeness (QED) is 0.651. The number of nitrogens with one attached hydrogen (secondary N) is 1. The van der Waals surface area contributed by atoms with Gasteiger partial charge >= 0.3 is 0 Å². The summed E-state index contributed by atoms with van der Waals surface area (Å²) < 4.78 is 5.93. The van der Waals surface area contributed by atoms with Gasteiger partial charge in [0, 0.05) is 18.8 Å². The lowest BCUT2D eigenvalue weighted by Gasteiger charge is -2.33. The van der Waals surface area contributed by atoms with Crippen LogP contribution in [0.5, 0.6) is 5.88 Å². The number of nitrogens with zero attached hydrogens (tertiary/aromatic N) is 3. The Balaban J connectivity index is 1.55. The van der Waals surface area contributed by atoms with Gasteiger partial charge in [0.25, 0.3) is 5.88 Å². The summed E-state index contributed by atoms with van der Waals surface area (Å²) in [6.07, 6.45) is 2.68.